The van der Waals surface area contributed by atoms with Gasteiger partial charge in [-0.15, -0.1) is 0 Å². The van der Waals surface area contributed by atoms with Crippen LogP contribution < -0.4 is 5.32 Å². The van der Waals surface area contributed by atoms with E-state index in [2.05, 4.69) is 15.5 Å². The summed E-state index contributed by atoms with van der Waals surface area (Å²) in [5.41, 5.74) is -6.55. The number of nitro benzene ring substituents is 1. The zero-order valence-electron chi connectivity index (χ0n) is 15.3. The molecule has 29 heavy (non-hydrogen) atoms. The van der Waals surface area contributed by atoms with Crippen LogP contribution in [0.5, 0.6) is 0 Å². The molecule has 1 heterocycles. The molecule has 0 saturated heterocycles. The molecule has 0 aliphatic heterocycles. The van der Waals surface area contributed by atoms with E-state index in [-0.39, 0.29) is 23.4 Å². The number of hydrogen-bond donors (Lipinski definition) is 1. The van der Waals surface area contributed by atoms with Gasteiger partial charge >= 0.3 is 5.51 Å². The summed E-state index contributed by atoms with van der Waals surface area (Å²) in [6.07, 6.45) is 1.89. The van der Waals surface area contributed by atoms with Gasteiger partial charge in [0.15, 0.2) is 5.82 Å². The summed E-state index contributed by atoms with van der Waals surface area (Å²) in [6.45, 7) is 3.57. The first-order valence-electron chi connectivity index (χ1n) is 8.61. The average Bonchev–Trinajstić information content (AvgIpc) is 3.36. The van der Waals surface area contributed by atoms with Crippen LogP contribution in [0.4, 0.5) is 24.5 Å². The van der Waals surface area contributed by atoms with Crippen molar-refractivity contribution in [2.75, 3.05) is 5.32 Å². The number of anilines is 1. The summed E-state index contributed by atoms with van der Waals surface area (Å²) in [7, 11) is -5.72. The van der Waals surface area contributed by atoms with Gasteiger partial charge in [0.2, 0.25) is 5.89 Å². The lowest BCUT2D eigenvalue weighted by atomic mass is 10.0. The molecule has 1 aromatic heterocycles. The predicted octanol–water partition coefficient (Wildman–Crippen LogP) is 3.96. The van der Waals surface area contributed by atoms with E-state index >= 15 is 0 Å². The smallest absolute Gasteiger partial charge is 0.368 e. The number of nitro groups is 1. The van der Waals surface area contributed by atoms with Crippen LogP contribution in [0.3, 0.4) is 0 Å². The molecule has 1 saturated carbocycles. The number of rotatable bonds is 7. The Bertz CT molecular complexity index is 1030. The number of sulfone groups is 1. The van der Waals surface area contributed by atoms with E-state index in [0.29, 0.717) is 18.0 Å². The van der Waals surface area contributed by atoms with Gasteiger partial charge in [0.1, 0.15) is 11.7 Å². The third-order valence-corrected chi connectivity index (χ3v) is 5.91. The summed E-state index contributed by atoms with van der Waals surface area (Å²) in [5, 5.41) is 18.1. The van der Waals surface area contributed by atoms with Crippen LogP contribution in [-0.4, -0.2) is 29.0 Å². The Balaban J connectivity index is 1.96. The second-order valence-corrected chi connectivity index (χ2v) is 8.96. The van der Waals surface area contributed by atoms with Crippen LogP contribution >= 0.6 is 0 Å². The third-order valence-electron chi connectivity index (χ3n) is 4.42. The van der Waals surface area contributed by atoms with E-state index in [1.54, 1.807) is 13.8 Å². The summed E-state index contributed by atoms with van der Waals surface area (Å²) >= 11 is 0. The number of halogens is 3. The molecule has 3 rings (SSSR count). The molecule has 1 fully saturated rings. The quantitative estimate of drug-likeness (QED) is 0.512. The molecule has 0 unspecified atom stereocenters. The maximum Gasteiger partial charge on any atom is 0.501 e. The summed E-state index contributed by atoms with van der Waals surface area (Å²) < 4.78 is 66.7. The molecule has 2 aromatic rings. The van der Waals surface area contributed by atoms with Crippen molar-refractivity contribution in [3.63, 3.8) is 0 Å². The van der Waals surface area contributed by atoms with Crippen molar-refractivity contribution in [2.45, 2.75) is 49.1 Å². The Morgan fingerprint density at radius 2 is 1.97 bits per heavy atom. The molecule has 158 valence electrons. The largest absolute Gasteiger partial charge is 0.501 e. The second kappa shape index (κ2) is 7.28. The maximum absolute atomic E-state index is 12.8. The highest BCUT2D eigenvalue weighted by Crippen LogP contribution is 2.40. The fourth-order valence-corrected chi connectivity index (χ4v) is 3.43. The third kappa shape index (κ3) is 4.18. The van der Waals surface area contributed by atoms with Crippen molar-refractivity contribution < 1.29 is 31.0 Å². The molecule has 1 atom stereocenters. The van der Waals surface area contributed by atoms with E-state index in [9.17, 15) is 31.7 Å². The lowest BCUT2D eigenvalue weighted by molar-refractivity contribution is -0.384. The van der Waals surface area contributed by atoms with Gasteiger partial charge in [-0.3, -0.25) is 10.1 Å². The summed E-state index contributed by atoms with van der Waals surface area (Å²) in [6, 6.07) is 1.30. The zero-order valence-corrected chi connectivity index (χ0v) is 16.1. The molecular formula is C16H17F3N4O5S. The molecular weight excluding hydrogens is 417 g/mol. The van der Waals surface area contributed by atoms with Gasteiger partial charge in [0.05, 0.1) is 9.82 Å². The summed E-state index contributed by atoms with van der Waals surface area (Å²) in [5.74, 6) is 0.763. The van der Waals surface area contributed by atoms with Crippen LogP contribution in [0.2, 0.25) is 0 Å². The van der Waals surface area contributed by atoms with Crippen LogP contribution in [0, 0.1) is 16.0 Å². The van der Waals surface area contributed by atoms with Crippen molar-refractivity contribution >= 4 is 21.2 Å². The second-order valence-electron chi connectivity index (χ2n) is 7.02. The molecule has 0 bridgehead atoms. The molecule has 1 N–H and O–H groups in total. The standard InChI is InChI=1S/C16H17F3N4O5S/c1-8(2)13(15-21-14(22-28-15)9-3-4-9)20-11-6-5-10(7-12(11)23(24)25)29(26,27)16(17,18)19/h5-9,13,20H,3-4H2,1-2H3/t13-/m0/s1. The average molecular weight is 434 g/mol. The van der Waals surface area contributed by atoms with Gasteiger partial charge in [-0.1, -0.05) is 19.0 Å². The highest BCUT2D eigenvalue weighted by molar-refractivity contribution is 7.92. The minimum absolute atomic E-state index is 0.166. The van der Waals surface area contributed by atoms with Crippen molar-refractivity contribution in [1.82, 2.24) is 10.1 Å². The van der Waals surface area contributed by atoms with Crippen LogP contribution in [0.1, 0.15) is 50.4 Å². The number of nitrogens with zero attached hydrogens (tertiary/aromatic N) is 3. The Morgan fingerprint density at radius 1 is 1.31 bits per heavy atom. The summed E-state index contributed by atoms with van der Waals surface area (Å²) in [4.78, 5) is 13.5. The van der Waals surface area contributed by atoms with Gasteiger partial charge < -0.3 is 9.84 Å². The molecule has 1 aliphatic rings. The Kier molecular flexibility index (Phi) is 5.28. The van der Waals surface area contributed by atoms with Gasteiger partial charge in [0.25, 0.3) is 15.5 Å². The number of alkyl halides is 3. The minimum Gasteiger partial charge on any atom is -0.368 e. The van der Waals surface area contributed by atoms with Crippen molar-refractivity contribution in [3.8, 4) is 0 Å². The Labute approximate surface area is 163 Å². The lowest BCUT2D eigenvalue weighted by Gasteiger charge is -2.20. The first kappa shape index (κ1) is 21.0. The topological polar surface area (TPSA) is 128 Å². The Morgan fingerprint density at radius 3 is 2.48 bits per heavy atom. The first-order chi connectivity index (χ1) is 13.4. The van der Waals surface area contributed by atoms with E-state index in [4.69, 9.17) is 4.52 Å². The van der Waals surface area contributed by atoms with E-state index in [1.165, 1.54) is 0 Å². The number of nitrogens with one attached hydrogen (secondary N) is 1. The number of aromatic nitrogens is 2. The number of hydrogen-bond acceptors (Lipinski definition) is 8. The number of benzene rings is 1. The molecule has 1 aliphatic carbocycles. The molecule has 0 radical (unpaired) electrons. The van der Waals surface area contributed by atoms with Gasteiger partial charge in [-0.25, -0.2) is 8.42 Å². The monoisotopic (exact) mass is 434 g/mol. The van der Waals surface area contributed by atoms with Gasteiger partial charge in [0, 0.05) is 12.0 Å². The van der Waals surface area contributed by atoms with Crippen molar-refractivity contribution in [1.29, 1.82) is 0 Å². The molecule has 0 amide bonds. The lowest BCUT2D eigenvalue weighted by Crippen LogP contribution is -2.23. The molecule has 9 nitrogen and oxygen atoms in total. The van der Waals surface area contributed by atoms with Crippen molar-refractivity contribution in [2.24, 2.45) is 5.92 Å². The fraction of sp³-hybridized carbons (Fsp3) is 0.500. The molecule has 1 aromatic carbocycles. The predicted molar refractivity (Wildman–Crippen MR) is 93.8 cm³/mol. The Hall–Kier alpha value is -2.70. The van der Waals surface area contributed by atoms with Crippen LogP contribution in [0.25, 0.3) is 0 Å². The van der Waals surface area contributed by atoms with Gasteiger partial charge in [-0.2, -0.15) is 18.2 Å². The van der Waals surface area contributed by atoms with Crippen molar-refractivity contribution in [3.05, 3.63) is 40.0 Å². The minimum atomic E-state index is -5.72. The zero-order chi connectivity index (χ0) is 21.6. The van der Waals surface area contributed by atoms with E-state index in [1.807, 2.05) is 0 Å². The van der Waals surface area contributed by atoms with Gasteiger partial charge in [-0.05, 0) is 30.9 Å². The normalized spacial score (nSPS) is 16.1. The van der Waals surface area contributed by atoms with E-state index in [0.717, 1.165) is 18.9 Å². The fourth-order valence-electron chi connectivity index (χ4n) is 2.65. The highest BCUT2D eigenvalue weighted by atomic mass is 32.2. The van der Waals surface area contributed by atoms with Crippen LogP contribution in [-0.2, 0) is 9.84 Å². The highest BCUT2D eigenvalue weighted by Gasteiger charge is 2.47. The molecule has 13 heteroatoms. The molecule has 0 spiro atoms. The first-order valence-corrected chi connectivity index (χ1v) is 10.1. The maximum atomic E-state index is 12.8. The SMILES string of the molecule is CC(C)[C@H](Nc1ccc(S(=O)(=O)C(F)(F)F)cc1[N+](=O)[O-])c1nc(C2CC2)no1. The van der Waals surface area contributed by atoms with Crippen LogP contribution in [0.15, 0.2) is 27.6 Å². The van der Waals surface area contributed by atoms with E-state index < -0.39 is 36.9 Å².